The van der Waals surface area contributed by atoms with E-state index >= 15 is 0 Å². The highest BCUT2D eigenvalue weighted by Gasteiger charge is 2.13. The van der Waals surface area contributed by atoms with Crippen LogP contribution in [0.15, 0.2) is 18.2 Å². The molecule has 0 aliphatic heterocycles. The molecule has 0 spiro atoms. The zero-order chi connectivity index (χ0) is 11.3. The van der Waals surface area contributed by atoms with E-state index in [-0.39, 0.29) is 24.5 Å². The third kappa shape index (κ3) is 2.65. The average molecular weight is 207 g/mol. The minimum absolute atomic E-state index is 0.109. The maximum atomic E-state index is 10.7. The highest BCUT2D eigenvalue weighted by molar-refractivity contribution is 5.68. The van der Waals surface area contributed by atoms with Crippen molar-refractivity contribution in [3.8, 4) is 0 Å². The van der Waals surface area contributed by atoms with Gasteiger partial charge in [-0.25, -0.2) is 4.85 Å². The molecule has 1 aromatic rings. The summed E-state index contributed by atoms with van der Waals surface area (Å²) in [7, 11) is 0. The molecule has 0 unspecified atom stereocenters. The Bertz CT molecular complexity index is 412. The van der Waals surface area contributed by atoms with Crippen LogP contribution in [-0.2, 0) is 0 Å². The van der Waals surface area contributed by atoms with Crippen molar-refractivity contribution in [2.75, 3.05) is 18.5 Å². The van der Waals surface area contributed by atoms with Crippen LogP contribution in [0.4, 0.5) is 17.1 Å². The van der Waals surface area contributed by atoms with Gasteiger partial charge in [0.15, 0.2) is 5.69 Å². The van der Waals surface area contributed by atoms with E-state index in [1.807, 2.05) is 0 Å². The second kappa shape index (κ2) is 4.93. The van der Waals surface area contributed by atoms with E-state index in [1.165, 1.54) is 18.2 Å². The van der Waals surface area contributed by atoms with E-state index < -0.39 is 4.92 Å². The number of rotatable bonds is 4. The zero-order valence-corrected chi connectivity index (χ0v) is 7.80. The summed E-state index contributed by atoms with van der Waals surface area (Å²) in [6.45, 7) is 6.86. The van der Waals surface area contributed by atoms with Crippen molar-refractivity contribution in [3.05, 3.63) is 39.7 Å². The number of nitrogens with zero attached hydrogens (tertiary/aromatic N) is 2. The molecule has 1 rings (SSSR count). The van der Waals surface area contributed by atoms with E-state index in [0.717, 1.165) is 0 Å². The molecule has 0 fully saturated rings. The fraction of sp³-hybridized carbons (Fsp3) is 0.222. The van der Waals surface area contributed by atoms with Crippen LogP contribution >= 0.6 is 0 Å². The van der Waals surface area contributed by atoms with Gasteiger partial charge in [-0.15, -0.1) is 0 Å². The molecule has 6 heteroatoms. The highest BCUT2D eigenvalue weighted by Crippen LogP contribution is 2.28. The Kier molecular flexibility index (Phi) is 3.60. The summed E-state index contributed by atoms with van der Waals surface area (Å²) in [6, 6.07) is 4.15. The van der Waals surface area contributed by atoms with Gasteiger partial charge in [0.05, 0.1) is 18.1 Å². The normalized spacial score (nSPS) is 9.33. The van der Waals surface area contributed by atoms with Crippen LogP contribution in [-0.4, -0.2) is 23.2 Å². The fourth-order valence-electron chi connectivity index (χ4n) is 1.08. The number of benzene rings is 1. The second-order valence-electron chi connectivity index (χ2n) is 2.72. The Hall–Kier alpha value is -2.13. The van der Waals surface area contributed by atoms with Crippen LogP contribution in [0.3, 0.4) is 0 Å². The first-order valence-corrected chi connectivity index (χ1v) is 4.19. The van der Waals surface area contributed by atoms with Gasteiger partial charge in [0.1, 0.15) is 5.69 Å². The van der Waals surface area contributed by atoms with Crippen LogP contribution < -0.4 is 5.32 Å². The van der Waals surface area contributed by atoms with Crippen molar-refractivity contribution in [3.63, 3.8) is 0 Å². The summed E-state index contributed by atoms with van der Waals surface area (Å²) in [5.41, 5.74) is 0.370. The predicted octanol–water partition coefficient (Wildman–Crippen LogP) is 1.55. The van der Waals surface area contributed by atoms with Crippen molar-refractivity contribution in [1.29, 1.82) is 0 Å². The molecule has 1 aromatic carbocycles. The minimum atomic E-state index is -0.561. The molecule has 0 saturated carbocycles. The molecule has 0 bridgehead atoms. The molecule has 0 heterocycles. The Morgan fingerprint density at radius 2 is 2.33 bits per heavy atom. The van der Waals surface area contributed by atoms with Crippen molar-refractivity contribution in [2.24, 2.45) is 0 Å². The van der Waals surface area contributed by atoms with E-state index in [4.69, 9.17) is 11.7 Å². The molecule has 78 valence electrons. The van der Waals surface area contributed by atoms with Crippen LogP contribution in [0.5, 0.6) is 0 Å². The van der Waals surface area contributed by atoms with Gasteiger partial charge in [-0.05, 0) is 6.07 Å². The number of aliphatic hydroxyl groups excluding tert-OH is 1. The molecule has 0 aliphatic carbocycles. The van der Waals surface area contributed by atoms with Crippen molar-refractivity contribution in [2.45, 2.75) is 0 Å². The summed E-state index contributed by atoms with van der Waals surface area (Å²) < 4.78 is 0. The largest absolute Gasteiger partial charge is 0.395 e. The fourth-order valence-corrected chi connectivity index (χ4v) is 1.08. The van der Waals surface area contributed by atoms with Gasteiger partial charge in [0.2, 0.25) is 0 Å². The van der Waals surface area contributed by atoms with Gasteiger partial charge in [0, 0.05) is 12.6 Å². The number of hydrogen-bond donors (Lipinski definition) is 2. The minimum Gasteiger partial charge on any atom is -0.395 e. The van der Waals surface area contributed by atoms with Gasteiger partial charge < -0.3 is 10.4 Å². The quantitative estimate of drug-likeness (QED) is 0.446. The summed E-state index contributed by atoms with van der Waals surface area (Å²) in [6.07, 6.45) is 0. The van der Waals surface area contributed by atoms with Crippen molar-refractivity contribution >= 4 is 17.1 Å². The summed E-state index contributed by atoms with van der Waals surface area (Å²) in [5.74, 6) is 0. The van der Waals surface area contributed by atoms with Crippen molar-refractivity contribution < 1.29 is 10.0 Å². The zero-order valence-electron chi connectivity index (χ0n) is 7.80. The molecule has 0 aliphatic rings. The smallest absolute Gasteiger partial charge is 0.282 e. The molecular formula is C9H9N3O3. The number of hydrogen-bond acceptors (Lipinski definition) is 4. The maximum absolute atomic E-state index is 10.7. The number of nitro benzene ring substituents is 1. The SMILES string of the molecule is [C-]#[N+]c1ccc(NCCO)c([N+](=O)[O-])c1. The second-order valence-corrected chi connectivity index (χ2v) is 2.72. The third-order valence-corrected chi connectivity index (χ3v) is 1.73. The lowest BCUT2D eigenvalue weighted by molar-refractivity contribution is -0.383. The van der Waals surface area contributed by atoms with Crippen LogP contribution in [0.2, 0.25) is 0 Å². The summed E-state index contributed by atoms with van der Waals surface area (Å²) >= 11 is 0. The van der Waals surface area contributed by atoms with Crippen LogP contribution in [0, 0.1) is 16.7 Å². The standard InChI is InChI=1S/C9H9N3O3/c1-10-7-2-3-8(11-4-5-13)9(6-7)12(14)15/h2-3,6,11,13H,4-5H2. The Balaban J connectivity index is 3.05. The Morgan fingerprint density at radius 1 is 1.60 bits per heavy atom. The molecule has 15 heavy (non-hydrogen) atoms. The highest BCUT2D eigenvalue weighted by atomic mass is 16.6. The van der Waals surface area contributed by atoms with Gasteiger partial charge >= 0.3 is 0 Å². The van der Waals surface area contributed by atoms with Gasteiger partial charge in [-0.2, -0.15) is 0 Å². The monoisotopic (exact) mass is 207 g/mol. The topological polar surface area (TPSA) is 79.8 Å². The first kappa shape index (κ1) is 10.9. The van der Waals surface area contributed by atoms with Crippen molar-refractivity contribution in [1.82, 2.24) is 0 Å². The third-order valence-electron chi connectivity index (χ3n) is 1.73. The molecule has 0 radical (unpaired) electrons. The molecule has 0 atom stereocenters. The number of anilines is 1. The first-order chi connectivity index (χ1) is 7.19. The Morgan fingerprint density at radius 3 is 2.87 bits per heavy atom. The lowest BCUT2D eigenvalue weighted by atomic mass is 10.2. The van der Waals surface area contributed by atoms with E-state index in [2.05, 4.69) is 10.2 Å². The number of nitro groups is 1. The average Bonchev–Trinajstić information content (AvgIpc) is 2.26. The molecule has 0 aromatic heterocycles. The lowest BCUT2D eigenvalue weighted by Gasteiger charge is -2.05. The lowest BCUT2D eigenvalue weighted by Crippen LogP contribution is -2.07. The van der Waals surface area contributed by atoms with E-state index in [0.29, 0.717) is 5.69 Å². The molecule has 0 saturated heterocycles. The maximum Gasteiger partial charge on any atom is 0.282 e. The summed E-state index contributed by atoms with van der Waals surface area (Å²) in [5, 5.41) is 21.9. The first-order valence-electron chi connectivity index (χ1n) is 4.19. The molecule has 2 N–H and O–H groups in total. The Labute approximate surface area is 86.1 Å². The number of aliphatic hydroxyl groups is 1. The predicted molar refractivity (Wildman–Crippen MR) is 54.9 cm³/mol. The van der Waals surface area contributed by atoms with E-state index in [1.54, 1.807) is 0 Å². The molecular weight excluding hydrogens is 198 g/mol. The summed E-state index contributed by atoms with van der Waals surface area (Å²) in [4.78, 5) is 13.2. The molecule has 6 nitrogen and oxygen atoms in total. The van der Waals surface area contributed by atoms with Gasteiger partial charge in [-0.3, -0.25) is 10.1 Å². The van der Waals surface area contributed by atoms with Crippen LogP contribution in [0.1, 0.15) is 0 Å². The van der Waals surface area contributed by atoms with Gasteiger partial charge in [-0.1, -0.05) is 6.07 Å². The number of nitrogens with one attached hydrogen (secondary N) is 1. The van der Waals surface area contributed by atoms with E-state index in [9.17, 15) is 10.1 Å². The van der Waals surface area contributed by atoms with Crippen LogP contribution in [0.25, 0.3) is 4.85 Å². The van der Waals surface area contributed by atoms with Gasteiger partial charge in [0.25, 0.3) is 5.69 Å². The molecule has 0 amide bonds.